The number of fused-ring (bicyclic) bond motifs is 1. The molecule has 0 saturated heterocycles. The zero-order valence-corrected chi connectivity index (χ0v) is 13.8. The summed E-state index contributed by atoms with van der Waals surface area (Å²) in [6.07, 6.45) is 0.117. The van der Waals surface area contributed by atoms with Gasteiger partial charge < -0.3 is 9.80 Å². The van der Waals surface area contributed by atoms with Crippen LogP contribution >= 0.6 is 0 Å². The van der Waals surface area contributed by atoms with E-state index in [0.29, 0.717) is 11.1 Å². The first kappa shape index (κ1) is 14.9. The number of aryl methyl sites for hydroxylation is 2. The van der Waals surface area contributed by atoms with Gasteiger partial charge in [0.25, 0.3) is 0 Å². The Balaban J connectivity index is 2.23. The maximum atomic E-state index is 9.33. The molecule has 1 aliphatic rings. The lowest BCUT2D eigenvalue weighted by Gasteiger charge is -2.29. The van der Waals surface area contributed by atoms with E-state index < -0.39 is 0 Å². The number of benzene rings is 2. The molecule has 23 heavy (non-hydrogen) atoms. The molecule has 0 fully saturated rings. The number of rotatable bonds is 1. The smallest absolute Gasteiger partial charge is 0.103 e. The van der Waals surface area contributed by atoms with Gasteiger partial charge in [0.05, 0.1) is 22.5 Å². The van der Waals surface area contributed by atoms with Gasteiger partial charge >= 0.3 is 0 Å². The van der Waals surface area contributed by atoms with Gasteiger partial charge in [-0.3, -0.25) is 0 Å². The predicted octanol–water partition coefficient (Wildman–Crippen LogP) is 3.98. The normalized spacial score (nSPS) is 16.0. The monoisotopic (exact) mass is 302 g/mol. The predicted molar refractivity (Wildman–Crippen MR) is 91.8 cm³/mol. The molecule has 2 aromatic carbocycles. The quantitative estimate of drug-likeness (QED) is 0.799. The highest BCUT2D eigenvalue weighted by Crippen LogP contribution is 2.45. The lowest BCUT2D eigenvalue weighted by Crippen LogP contribution is -2.35. The third-order valence-corrected chi connectivity index (χ3v) is 4.54. The van der Waals surface area contributed by atoms with E-state index in [1.807, 2.05) is 19.2 Å². The van der Waals surface area contributed by atoms with Crippen LogP contribution in [0.3, 0.4) is 0 Å². The van der Waals surface area contributed by atoms with Crippen molar-refractivity contribution in [2.24, 2.45) is 0 Å². The van der Waals surface area contributed by atoms with Crippen LogP contribution in [0.1, 0.15) is 29.2 Å². The lowest BCUT2D eigenvalue weighted by molar-refractivity contribution is 0.732. The molecular formula is C19H18N4. The molecule has 114 valence electrons. The van der Waals surface area contributed by atoms with Crippen LogP contribution in [-0.4, -0.2) is 13.2 Å². The van der Waals surface area contributed by atoms with E-state index in [9.17, 15) is 10.5 Å². The highest BCUT2D eigenvalue weighted by atomic mass is 15.4. The van der Waals surface area contributed by atoms with Crippen molar-refractivity contribution >= 4 is 17.1 Å². The molecule has 3 rings (SSSR count). The van der Waals surface area contributed by atoms with E-state index >= 15 is 0 Å². The van der Waals surface area contributed by atoms with Crippen molar-refractivity contribution in [3.63, 3.8) is 0 Å². The van der Waals surface area contributed by atoms with Crippen molar-refractivity contribution in [2.45, 2.75) is 26.9 Å². The Morgan fingerprint density at radius 2 is 1.52 bits per heavy atom. The van der Waals surface area contributed by atoms with Crippen LogP contribution in [0.4, 0.5) is 17.1 Å². The van der Waals surface area contributed by atoms with Crippen molar-refractivity contribution in [3.8, 4) is 12.1 Å². The zero-order valence-electron chi connectivity index (χ0n) is 13.8. The molecule has 2 aromatic rings. The number of hydrogen-bond donors (Lipinski definition) is 0. The summed E-state index contributed by atoms with van der Waals surface area (Å²) in [6.45, 7) is 6.30. The molecule has 1 heterocycles. The summed E-state index contributed by atoms with van der Waals surface area (Å²) in [6, 6.07) is 14.3. The minimum atomic E-state index is 0.117. The summed E-state index contributed by atoms with van der Waals surface area (Å²) in [5.41, 5.74) is 6.35. The maximum Gasteiger partial charge on any atom is 0.103 e. The van der Waals surface area contributed by atoms with Gasteiger partial charge in [-0.2, -0.15) is 10.5 Å². The van der Waals surface area contributed by atoms with E-state index in [2.05, 4.69) is 60.9 Å². The molecular weight excluding hydrogens is 284 g/mol. The second-order valence-electron chi connectivity index (χ2n) is 6.01. The first-order chi connectivity index (χ1) is 11.0. The summed E-state index contributed by atoms with van der Waals surface area (Å²) in [5.74, 6) is 0. The molecule has 0 N–H and O–H groups in total. The van der Waals surface area contributed by atoms with Crippen molar-refractivity contribution in [1.82, 2.24) is 0 Å². The highest BCUT2D eigenvalue weighted by Gasteiger charge is 2.33. The van der Waals surface area contributed by atoms with Gasteiger partial charge in [-0.25, -0.2) is 0 Å². The number of nitriles is 2. The van der Waals surface area contributed by atoms with Crippen molar-refractivity contribution in [1.29, 1.82) is 10.5 Å². The van der Waals surface area contributed by atoms with E-state index in [-0.39, 0.29) is 6.17 Å². The Bertz CT molecular complexity index is 870. The molecule has 4 nitrogen and oxygen atoms in total. The summed E-state index contributed by atoms with van der Waals surface area (Å²) in [5, 5.41) is 18.6. The minimum absolute atomic E-state index is 0.117. The van der Waals surface area contributed by atoms with Crippen LogP contribution in [0.25, 0.3) is 0 Å². The zero-order chi connectivity index (χ0) is 16.7. The summed E-state index contributed by atoms with van der Waals surface area (Å²) >= 11 is 0. The molecule has 1 atom stereocenters. The van der Waals surface area contributed by atoms with Gasteiger partial charge in [-0.05, 0) is 44.5 Å². The van der Waals surface area contributed by atoms with Crippen LogP contribution in [-0.2, 0) is 0 Å². The van der Waals surface area contributed by atoms with Gasteiger partial charge in [-0.15, -0.1) is 0 Å². The first-order valence-corrected chi connectivity index (χ1v) is 7.55. The van der Waals surface area contributed by atoms with Gasteiger partial charge in [-0.1, -0.05) is 17.7 Å². The van der Waals surface area contributed by atoms with E-state index in [4.69, 9.17) is 0 Å². The topological polar surface area (TPSA) is 54.1 Å². The van der Waals surface area contributed by atoms with Gasteiger partial charge in [0.1, 0.15) is 18.3 Å². The Morgan fingerprint density at radius 1 is 0.913 bits per heavy atom. The van der Waals surface area contributed by atoms with Crippen molar-refractivity contribution in [2.75, 3.05) is 16.8 Å². The second-order valence-corrected chi connectivity index (χ2v) is 6.01. The third-order valence-electron chi connectivity index (χ3n) is 4.54. The fourth-order valence-corrected chi connectivity index (χ4v) is 3.22. The fraction of sp³-hybridized carbons (Fsp3) is 0.263. The molecule has 1 aliphatic heterocycles. The largest absolute Gasteiger partial charge is 0.352 e. The maximum absolute atomic E-state index is 9.33. The first-order valence-electron chi connectivity index (χ1n) is 7.55. The van der Waals surface area contributed by atoms with E-state index in [0.717, 1.165) is 17.1 Å². The molecule has 0 spiro atoms. The Labute approximate surface area is 136 Å². The molecule has 0 bridgehead atoms. The highest BCUT2D eigenvalue weighted by molar-refractivity contribution is 5.86. The van der Waals surface area contributed by atoms with Crippen LogP contribution in [0.15, 0.2) is 30.3 Å². The van der Waals surface area contributed by atoms with Gasteiger partial charge in [0.2, 0.25) is 0 Å². The van der Waals surface area contributed by atoms with E-state index in [1.54, 1.807) is 0 Å². The molecule has 0 aromatic heterocycles. The average molecular weight is 302 g/mol. The Kier molecular flexibility index (Phi) is 3.47. The fourth-order valence-electron chi connectivity index (χ4n) is 3.22. The van der Waals surface area contributed by atoms with Crippen molar-refractivity contribution < 1.29 is 0 Å². The average Bonchev–Trinajstić information content (AvgIpc) is 2.77. The molecule has 0 amide bonds. The molecule has 0 unspecified atom stereocenters. The standard InChI is InChI=1S/C19H18N4/c1-12-5-6-17(13(2)7-12)23-14(3)22(4)18-8-15(10-20)16(11-21)9-19(18)23/h5-9,14H,1-4H3/t14-/m0/s1. The molecule has 0 aliphatic carbocycles. The Morgan fingerprint density at radius 3 is 2.09 bits per heavy atom. The number of hydrogen-bond acceptors (Lipinski definition) is 4. The summed E-state index contributed by atoms with van der Waals surface area (Å²) < 4.78 is 0. The molecule has 0 radical (unpaired) electrons. The number of nitrogens with zero attached hydrogens (tertiary/aromatic N) is 4. The van der Waals surface area contributed by atoms with Crippen molar-refractivity contribution in [3.05, 3.63) is 52.6 Å². The summed E-state index contributed by atoms with van der Waals surface area (Å²) in [4.78, 5) is 4.36. The van der Waals surface area contributed by atoms with Crippen LogP contribution in [0.2, 0.25) is 0 Å². The van der Waals surface area contributed by atoms with Crippen LogP contribution in [0.5, 0.6) is 0 Å². The SMILES string of the molecule is Cc1ccc(N2c3cc(C#N)c(C#N)cc3N(C)[C@@H]2C)c(C)c1. The van der Waals surface area contributed by atoms with Gasteiger partial charge in [0, 0.05) is 12.7 Å². The lowest BCUT2D eigenvalue weighted by atomic mass is 10.1. The second kappa shape index (κ2) is 5.34. The summed E-state index contributed by atoms with van der Waals surface area (Å²) in [7, 11) is 2.01. The molecule has 0 saturated carbocycles. The van der Waals surface area contributed by atoms with E-state index in [1.165, 1.54) is 11.1 Å². The van der Waals surface area contributed by atoms with Crippen LogP contribution < -0.4 is 9.80 Å². The molecule has 4 heteroatoms. The Hall–Kier alpha value is -2.98. The number of anilines is 3. The van der Waals surface area contributed by atoms with Crippen LogP contribution in [0, 0.1) is 36.5 Å². The minimum Gasteiger partial charge on any atom is -0.352 e. The van der Waals surface area contributed by atoms with Gasteiger partial charge in [0.15, 0.2) is 0 Å². The third kappa shape index (κ3) is 2.20.